The van der Waals surface area contributed by atoms with E-state index in [1.165, 1.54) is 5.56 Å². The lowest BCUT2D eigenvalue weighted by atomic mass is 10.0. The fourth-order valence-electron chi connectivity index (χ4n) is 1.76. The topological polar surface area (TPSA) is 26.3 Å². The summed E-state index contributed by atoms with van der Waals surface area (Å²) in [5, 5.41) is 0. The molecule has 1 rings (SSSR count). The lowest BCUT2D eigenvalue weighted by Crippen LogP contribution is -2.03. The van der Waals surface area contributed by atoms with Gasteiger partial charge in [-0.25, -0.2) is 0 Å². The van der Waals surface area contributed by atoms with Gasteiger partial charge in [0.1, 0.15) is 11.5 Å². The number of ether oxygens (including phenoxy) is 1. The highest BCUT2D eigenvalue weighted by Crippen LogP contribution is 2.24. The van der Waals surface area contributed by atoms with Gasteiger partial charge in [0, 0.05) is 12.8 Å². The molecule has 0 saturated heterocycles. The van der Waals surface area contributed by atoms with Crippen molar-refractivity contribution in [1.82, 2.24) is 0 Å². The molecule has 2 heteroatoms. The molecule has 0 spiro atoms. The second-order valence-electron chi connectivity index (χ2n) is 5.02. The van der Waals surface area contributed by atoms with Gasteiger partial charge in [0.15, 0.2) is 0 Å². The first kappa shape index (κ1) is 14.7. The Morgan fingerprint density at radius 3 is 2.67 bits per heavy atom. The largest absolute Gasteiger partial charge is 0.493 e. The molecule has 0 amide bonds. The zero-order valence-electron chi connectivity index (χ0n) is 12.0. The number of Topliss-reactive ketones (excluding diaryl/α,β-unsaturated/α-hetero) is 1. The van der Waals surface area contributed by atoms with Crippen LogP contribution in [0.25, 0.3) is 0 Å². The van der Waals surface area contributed by atoms with Gasteiger partial charge in [0.05, 0.1) is 6.61 Å². The SMILES string of the molecule is CCC(=O)CCCOc1cc(C(C)C)ccc1C. The van der Waals surface area contributed by atoms with Crippen LogP contribution in [0.2, 0.25) is 0 Å². The van der Waals surface area contributed by atoms with Crippen molar-refractivity contribution in [2.45, 2.75) is 52.9 Å². The number of ketones is 1. The van der Waals surface area contributed by atoms with Crippen molar-refractivity contribution in [3.05, 3.63) is 29.3 Å². The number of carbonyl (C=O) groups excluding carboxylic acids is 1. The van der Waals surface area contributed by atoms with E-state index in [1.54, 1.807) is 0 Å². The van der Waals surface area contributed by atoms with E-state index in [4.69, 9.17) is 4.74 Å². The van der Waals surface area contributed by atoms with Crippen LogP contribution in [0.3, 0.4) is 0 Å². The molecule has 0 aliphatic heterocycles. The molecule has 0 aliphatic rings. The molecule has 0 aromatic heterocycles. The summed E-state index contributed by atoms with van der Waals surface area (Å²) >= 11 is 0. The zero-order chi connectivity index (χ0) is 13.5. The van der Waals surface area contributed by atoms with Crippen molar-refractivity contribution >= 4 is 5.78 Å². The molecule has 0 heterocycles. The summed E-state index contributed by atoms with van der Waals surface area (Å²) in [6, 6.07) is 6.36. The van der Waals surface area contributed by atoms with Gasteiger partial charge in [0.25, 0.3) is 0 Å². The Labute approximate surface area is 110 Å². The van der Waals surface area contributed by atoms with Crippen LogP contribution in [0.1, 0.15) is 57.1 Å². The Morgan fingerprint density at radius 2 is 2.06 bits per heavy atom. The normalized spacial score (nSPS) is 10.7. The smallest absolute Gasteiger partial charge is 0.132 e. The van der Waals surface area contributed by atoms with Gasteiger partial charge >= 0.3 is 0 Å². The van der Waals surface area contributed by atoms with E-state index < -0.39 is 0 Å². The standard InChI is InChI=1S/C16H24O2/c1-5-15(17)7-6-10-18-16-11-14(12(2)3)9-8-13(16)4/h8-9,11-12H,5-7,10H2,1-4H3. The molecule has 0 atom stereocenters. The van der Waals surface area contributed by atoms with Crippen LogP contribution < -0.4 is 4.74 Å². The summed E-state index contributed by atoms with van der Waals surface area (Å²) in [5.41, 5.74) is 2.45. The summed E-state index contributed by atoms with van der Waals surface area (Å²) < 4.78 is 5.77. The van der Waals surface area contributed by atoms with Crippen LogP contribution in [0.15, 0.2) is 18.2 Å². The predicted molar refractivity (Wildman–Crippen MR) is 75.3 cm³/mol. The van der Waals surface area contributed by atoms with Crippen molar-refractivity contribution in [2.24, 2.45) is 0 Å². The zero-order valence-corrected chi connectivity index (χ0v) is 12.0. The van der Waals surface area contributed by atoms with Gasteiger partial charge in [-0.1, -0.05) is 32.9 Å². The summed E-state index contributed by atoms with van der Waals surface area (Å²) in [7, 11) is 0. The first-order valence-electron chi connectivity index (χ1n) is 6.79. The summed E-state index contributed by atoms with van der Waals surface area (Å²) in [4.78, 5) is 11.2. The number of carbonyl (C=O) groups is 1. The molecule has 18 heavy (non-hydrogen) atoms. The molecule has 0 unspecified atom stereocenters. The molecule has 0 bridgehead atoms. The quantitative estimate of drug-likeness (QED) is 0.674. The average molecular weight is 248 g/mol. The first-order chi connectivity index (χ1) is 8.54. The van der Waals surface area contributed by atoms with Crippen LogP contribution in [0, 0.1) is 6.92 Å². The van der Waals surface area contributed by atoms with Crippen molar-refractivity contribution in [1.29, 1.82) is 0 Å². The lowest BCUT2D eigenvalue weighted by Gasteiger charge is -2.12. The fraction of sp³-hybridized carbons (Fsp3) is 0.562. The minimum Gasteiger partial charge on any atom is -0.493 e. The monoisotopic (exact) mass is 248 g/mol. The first-order valence-corrected chi connectivity index (χ1v) is 6.79. The third-order valence-corrected chi connectivity index (χ3v) is 3.13. The number of aryl methyl sites for hydroxylation is 1. The van der Waals surface area contributed by atoms with E-state index in [0.29, 0.717) is 31.1 Å². The van der Waals surface area contributed by atoms with E-state index in [1.807, 2.05) is 6.92 Å². The third-order valence-electron chi connectivity index (χ3n) is 3.13. The Bertz CT molecular complexity index is 394. The van der Waals surface area contributed by atoms with E-state index >= 15 is 0 Å². The van der Waals surface area contributed by atoms with Gasteiger partial charge < -0.3 is 4.74 Å². The van der Waals surface area contributed by atoms with Crippen LogP contribution in [0.4, 0.5) is 0 Å². The Balaban J connectivity index is 2.51. The van der Waals surface area contributed by atoms with Crippen LogP contribution in [-0.2, 0) is 4.79 Å². The Hall–Kier alpha value is -1.31. The molecule has 2 nitrogen and oxygen atoms in total. The van der Waals surface area contributed by atoms with Crippen LogP contribution in [0.5, 0.6) is 5.75 Å². The fourth-order valence-corrected chi connectivity index (χ4v) is 1.76. The highest BCUT2D eigenvalue weighted by atomic mass is 16.5. The summed E-state index contributed by atoms with van der Waals surface area (Å²) in [6.45, 7) is 8.92. The van der Waals surface area contributed by atoms with Gasteiger partial charge in [-0.15, -0.1) is 0 Å². The van der Waals surface area contributed by atoms with Crippen molar-refractivity contribution in [3.8, 4) is 5.75 Å². The van der Waals surface area contributed by atoms with Gasteiger partial charge in [-0.3, -0.25) is 4.79 Å². The van der Waals surface area contributed by atoms with Crippen molar-refractivity contribution < 1.29 is 9.53 Å². The maximum atomic E-state index is 11.2. The van der Waals surface area contributed by atoms with Crippen LogP contribution in [-0.4, -0.2) is 12.4 Å². The molecular formula is C16H24O2. The highest BCUT2D eigenvalue weighted by Gasteiger charge is 2.05. The Morgan fingerprint density at radius 1 is 1.33 bits per heavy atom. The molecule has 0 radical (unpaired) electrons. The molecule has 0 fully saturated rings. The third kappa shape index (κ3) is 4.52. The molecule has 1 aromatic carbocycles. The van der Waals surface area contributed by atoms with Crippen molar-refractivity contribution in [2.75, 3.05) is 6.61 Å². The van der Waals surface area contributed by atoms with Gasteiger partial charge in [0.2, 0.25) is 0 Å². The summed E-state index contributed by atoms with van der Waals surface area (Å²) in [5.74, 6) is 1.77. The minimum atomic E-state index is 0.311. The number of hydrogen-bond acceptors (Lipinski definition) is 2. The average Bonchev–Trinajstić information content (AvgIpc) is 2.35. The second kappa shape index (κ2) is 7.20. The minimum absolute atomic E-state index is 0.311. The predicted octanol–water partition coefficient (Wildman–Crippen LogP) is 4.26. The molecular weight excluding hydrogens is 224 g/mol. The number of hydrogen-bond donors (Lipinski definition) is 0. The van der Waals surface area contributed by atoms with Crippen molar-refractivity contribution in [3.63, 3.8) is 0 Å². The molecule has 1 aromatic rings. The number of benzene rings is 1. The van der Waals surface area contributed by atoms with Crippen LogP contribution >= 0.6 is 0 Å². The molecule has 100 valence electrons. The van der Waals surface area contributed by atoms with Gasteiger partial charge in [-0.2, -0.15) is 0 Å². The second-order valence-corrected chi connectivity index (χ2v) is 5.02. The van der Waals surface area contributed by atoms with E-state index in [9.17, 15) is 4.79 Å². The Kier molecular flexibility index (Phi) is 5.90. The van der Waals surface area contributed by atoms with E-state index in [0.717, 1.165) is 17.7 Å². The van der Waals surface area contributed by atoms with E-state index in [2.05, 4.69) is 39.0 Å². The number of rotatable bonds is 7. The maximum absolute atomic E-state index is 11.2. The maximum Gasteiger partial charge on any atom is 0.132 e. The van der Waals surface area contributed by atoms with Gasteiger partial charge in [-0.05, 0) is 36.5 Å². The molecule has 0 N–H and O–H groups in total. The highest BCUT2D eigenvalue weighted by molar-refractivity contribution is 5.77. The summed E-state index contributed by atoms with van der Waals surface area (Å²) in [6.07, 6.45) is 2.05. The molecule has 0 aliphatic carbocycles. The molecule has 0 saturated carbocycles. The van der Waals surface area contributed by atoms with E-state index in [-0.39, 0.29) is 0 Å². The lowest BCUT2D eigenvalue weighted by molar-refractivity contribution is -0.118.